The van der Waals surface area contributed by atoms with Crippen molar-refractivity contribution in [3.63, 3.8) is 0 Å². The maximum atomic E-state index is 15.0. The van der Waals surface area contributed by atoms with E-state index >= 15 is 4.79 Å². The number of hydrogen-bond acceptors (Lipinski definition) is 8. The van der Waals surface area contributed by atoms with Crippen molar-refractivity contribution < 1.29 is 37.0 Å². The number of methoxy groups -OCH3 is 4. The molecule has 1 aliphatic rings. The van der Waals surface area contributed by atoms with Crippen LogP contribution in [-0.4, -0.2) is 72.2 Å². The first-order valence-electron chi connectivity index (χ1n) is 17.7. The van der Waals surface area contributed by atoms with Crippen molar-refractivity contribution in [2.24, 2.45) is 0 Å². The molecule has 0 saturated heterocycles. The van der Waals surface area contributed by atoms with Gasteiger partial charge in [0, 0.05) is 31.1 Å². The van der Waals surface area contributed by atoms with Gasteiger partial charge in [-0.15, -0.1) is 0 Å². The van der Waals surface area contributed by atoms with Gasteiger partial charge in [0.05, 0.1) is 39.0 Å². The number of rotatable bonds is 16. The van der Waals surface area contributed by atoms with E-state index in [1.54, 1.807) is 12.1 Å². The monoisotopic (exact) mass is 743 g/mol. The summed E-state index contributed by atoms with van der Waals surface area (Å²) in [6.45, 7) is 1.36. The van der Waals surface area contributed by atoms with Crippen molar-refractivity contribution in [2.75, 3.05) is 39.3 Å². The topological polar surface area (TPSA) is 124 Å². The van der Waals surface area contributed by atoms with Gasteiger partial charge in [0.1, 0.15) is 24.1 Å². The first-order valence-corrected chi connectivity index (χ1v) is 19.2. The van der Waals surface area contributed by atoms with E-state index in [0.29, 0.717) is 11.5 Å². The second-order valence-corrected chi connectivity index (χ2v) is 15.0. The van der Waals surface area contributed by atoms with Crippen molar-refractivity contribution in [1.82, 2.24) is 10.2 Å². The summed E-state index contributed by atoms with van der Waals surface area (Å²) < 4.78 is 52.5. The van der Waals surface area contributed by atoms with E-state index in [1.807, 2.05) is 61.5 Å². The molecule has 0 radical (unpaired) electrons. The van der Waals surface area contributed by atoms with Gasteiger partial charge in [0.25, 0.3) is 10.0 Å². The van der Waals surface area contributed by atoms with Crippen LogP contribution < -0.4 is 28.6 Å². The van der Waals surface area contributed by atoms with Crippen LogP contribution in [0.4, 0.5) is 5.69 Å². The number of ether oxygens (including phenoxy) is 4. The molecule has 0 bridgehead atoms. The average molecular weight is 744 g/mol. The summed E-state index contributed by atoms with van der Waals surface area (Å²) >= 11 is 0. The lowest BCUT2D eigenvalue weighted by Crippen LogP contribution is -2.55. The molecule has 1 saturated carbocycles. The molecule has 1 fully saturated rings. The molecule has 0 unspecified atom stereocenters. The molecule has 0 aliphatic heterocycles. The fourth-order valence-corrected chi connectivity index (χ4v) is 8.15. The highest BCUT2D eigenvalue weighted by molar-refractivity contribution is 7.92. The van der Waals surface area contributed by atoms with Gasteiger partial charge in [0.15, 0.2) is 11.5 Å². The van der Waals surface area contributed by atoms with Crippen molar-refractivity contribution >= 4 is 27.5 Å². The van der Waals surface area contributed by atoms with E-state index in [2.05, 4.69) is 5.32 Å². The highest BCUT2D eigenvalue weighted by Crippen LogP contribution is 2.38. The third-order valence-corrected chi connectivity index (χ3v) is 11.3. The van der Waals surface area contributed by atoms with Gasteiger partial charge in [0.2, 0.25) is 11.8 Å². The van der Waals surface area contributed by atoms with Crippen molar-refractivity contribution in [1.29, 1.82) is 0 Å². The molecule has 0 aromatic heterocycles. The standard InChI is InChI=1S/C41H49N3O8S/c1-29-13-12-16-31(23-29)27-43(36(24-30-14-8-6-9-15-30)41(46)42-32-17-10-7-11-18-32)40(45)28-44(35-25-33(49-2)19-21-37(35)50-3)53(47,48)34-20-22-38(51-4)39(26-34)52-5/h6,8-9,12-16,19-23,25-26,32,36H,7,10-11,17-18,24,27-28H2,1-5H3,(H,42,46)/t36-/m1/s1. The molecule has 1 aliphatic carbocycles. The van der Waals surface area contributed by atoms with E-state index in [9.17, 15) is 13.2 Å². The van der Waals surface area contributed by atoms with Crippen LogP contribution in [0.3, 0.4) is 0 Å². The molecule has 1 atom stereocenters. The van der Waals surface area contributed by atoms with Crippen LogP contribution in [0.5, 0.6) is 23.0 Å². The highest BCUT2D eigenvalue weighted by Gasteiger charge is 2.37. The molecule has 2 amide bonds. The Morgan fingerprint density at radius 3 is 2.09 bits per heavy atom. The van der Waals surface area contributed by atoms with E-state index < -0.39 is 28.5 Å². The molecule has 53 heavy (non-hydrogen) atoms. The van der Waals surface area contributed by atoms with Crippen molar-refractivity contribution in [2.45, 2.75) is 69.0 Å². The van der Waals surface area contributed by atoms with E-state index in [0.717, 1.165) is 53.1 Å². The van der Waals surface area contributed by atoms with Gasteiger partial charge in [-0.2, -0.15) is 0 Å². The van der Waals surface area contributed by atoms with Gasteiger partial charge < -0.3 is 29.2 Å². The van der Waals surface area contributed by atoms with Crippen LogP contribution >= 0.6 is 0 Å². The first kappa shape index (κ1) is 39.0. The number of carbonyl (C=O) groups excluding carboxylic acids is 2. The van der Waals surface area contributed by atoms with Crippen LogP contribution in [0.1, 0.15) is 48.8 Å². The van der Waals surface area contributed by atoms with Crippen LogP contribution in [-0.2, 0) is 32.6 Å². The maximum absolute atomic E-state index is 15.0. The summed E-state index contributed by atoms with van der Waals surface area (Å²) in [4.78, 5) is 30.8. The number of nitrogens with zero attached hydrogens (tertiary/aromatic N) is 2. The molecular weight excluding hydrogens is 695 g/mol. The number of aryl methyl sites for hydroxylation is 1. The third-order valence-electron chi connectivity index (χ3n) is 9.53. The van der Waals surface area contributed by atoms with Crippen LogP contribution in [0.2, 0.25) is 0 Å². The number of nitrogens with one attached hydrogen (secondary N) is 1. The lowest BCUT2D eigenvalue weighted by atomic mass is 9.94. The molecule has 11 nitrogen and oxygen atoms in total. The Labute approximate surface area is 312 Å². The molecular formula is C41H49N3O8S. The largest absolute Gasteiger partial charge is 0.497 e. The molecule has 12 heteroatoms. The minimum atomic E-state index is -4.49. The van der Waals surface area contributed by atoms with Gasteiger partial charge in [-0.25, -0.2) is 8.42 Å². The second-order valence-electron chi connectivity index (χ2n) is 13.1. The normalized spacial score (nSPS) is 13.8. The quantitative estimate of drug-likeness (QED) is 0.142. The molecule has 4 aromatic rings. The van der Waals surface area contributed by atoms with E-state index in [1.165, 1.54) is 57.6 Å². The van der Waals surface area contributed by atoms with Gasteiger partial charge >= 0.3 is 0 Å². The zero-order valence-corrected chi connectivity index (χ0v) is 31.9. The number of hydrogen-bond donors (Lipinski definition) is 1. The highest BCUT2D eigenvalue weighted by atomic mass is 32.2. The molecule has 0 spiro atoms. The molecule has 1 N–H and O–H groups in total. The number of carbonyl (C=O) groups is 2. The summed E-state index contributed by atoms with van der Waals surface area (Å²) in [6, 6.07) is 25.2. The van der Waals surface area contributed by atoms with Crippen molar-refractivity contribution in [3.8, 4) is 23.0 Å². The van der Waals surface area contributed by atoms with Gasteiger partial charge in [-0.05, 0) is 55.2 Å². The zero-order valence-electron chi connectivity index (χ0n) is 31.0. The minimum absolute atomic E-state index is 0.00609. The second kappa shape index (κ2) is 18.0. The predicted octanol–water partition coefficient (Wildman–Crippen LogP) is 6.31. The van der Waals surface area contributed by atoms with Crippen LogP contribution in [0, 0.1) is 6.92 Å². The number of anilines is 1. The average Bonchev–Trinajstić information content (AvgIpc) is 3.18. The Kier molecular flexibility index (Phi) is 13.2. The Bertz CT molecular complexity index is 1970. The first-order chi connectivity index (χ1) is 25.6. The smallest absolute Gasteiger partial charge is 0.265 e. The molecule has 0 heterocycles. The Balaban J connectivity index is 1.64. The lowest BCUT2D eigenvalue weighted by molar-refractivity contribution is -0.140. The number of sulfonamides is 1. The van der Waals surface area contributed by atoms with Crippen molar-refractivity contribution in [3.05, 3.63) is 108 Å². The molecule has 5 rings (SSSR count). The van der Waals surface area contributed by atoms with E-state index in [4.69, 9.17) is 18.9 Å². The zero-order chi connectivity index (χ0) is 38.0. The summed E-state index contributed by atoms with van der Waals surface area (Å²) in [5.41, 5.74) is 2.73. The summed E-state index contributed by atoms with van der Waals surface area (Å²) in [7, 11) is 1.26. The fourth-order valence-electron chi connectivity index (χ4n) is 6.71. The van der Waals surface area contributed by atoms with Crippen LogP contribution in [0.25, 0.3) is 0 Å². The number of amides is 2. The Morgan fingerprint density at radius 2 is 1.43 bits per heavy atom. The lowest BCUT2D eigenvalue weighted by Gasteiger charge is -2.35. The van der Waals surface area contributed by atoms with Gasteiger partial charge in [-0.1, -0.05) is 79.4 Å². The van der Waals surface area contributed by atoms with E-state index in [-0.39, 0.29) is 47.0 Å². The molecule has 4 aromatic carbocycles. The maximum Gasteiger partial charge on any atom is 0.265 e. The SMILES string of the molecule is COc1ccc(OC)c(N(CC(=O)N(Cc2cccc(C)c2)[C@H](Cc2ccccc2)C(=O)NC2CCCCC2)S(=O)(=O)c2ccc(OC)c(OC)c2)c1. The predicted molar refractivity (Wildman–Crippen MR) is 204 cm³/mol. The Hall–Kier alpha value is -5.23. The van der Waals surface area contributed by atoms with Gasteiger partial charge in [-0.3, -0.25) is 13.9 Å². The summed E-state index contributed by atoms with van der Waals surface area (Å²) in [5, 5.41) is 3.24. The summed E-state index contributed by atoms with van der Waals surface area (Å²) in [5.74, 6) is 0.219. The Morgan fingerprint density at radius 1 is 0.755 bits per heavy atom. The summed E-state index contributed by atoms with van der Waals surface area (Å²) in [6.07, 6.45) is 5.11. The minimum Gasteiger partial charge on any atom is -0.497 e. The van der Waals surface area contributed by atoms with Crippen LogP contribution in [0.15, 0.2) is 95.9 Å². The fraction of sp³-hybridized carbons (Fsp3) is 0.366. The molecule has 282 valence electrons. The third kappa shape index (κ3) is 9.61. The number of benzene rings is 4.